The Balaban J connectivity index is 1.93. The standard InChI is InChI=1S/C14H17N3S/c1-11(12-5-7-14(18-2)8-6-12)15-10-13-4-3-9-16-17-13/h3-9,11,15H,10H2,1-2H3. The number of aromatic nitrogens is 2. The number of hydrogen-bond acceptors (Lipinski definition) is 4. The predicted molar refractivity (Wildman–Crippen MR) is 75.5 cm³/mol. The Labute approximate surface area is 112 Å². The van der Waals surface area contributed by atoms with Gasteiger partial charge in [-0.25, -0.2) is 0 Å². The lowest BCUT2D eigenvalue weighted by molar-refractivity contribution is 0.564. The summed E-state index contributed by atoms with van der Waals surface area (Å²) in [6.07, 6.45) is 3.78. The maximum Gasteiger partial charge on any atom is 0.0769 e. The normalized spacial score (nSPS) is 12.3. The number of benzene rings is 1. The average molecular weight is 259 g/mol. The topological polar surface area (TPSA) is 37.8 Å². The van der Waals surface area contributed by atoms with Gasteiger partial charge in [0.15, 0.2) is 0 Å². The third-order valence-corrected chi connectivity index (χ3v) is 3.58. The molecule has 0 aliphatic carbocycles. The molecule has 1 unspecified atom stereocenters. The number of thioether (sulfide) groups is 1. The molecular weight excluding hydrogens is 242 g/mol. The van der Waals surface area contributed by atoms with Gasteiger partial charge in [0.1, 0.15) is 0 Å². The molecule has 0 saturated heterocycles. The highest BCUT2D eigenvalue weighted by Gasteiger charge is 2.05. The third kappa shape index (κ3) is 3.55. The van der Waals surface area contributed by atoms with E-state index in [9.17, 15) is 0 Å². The Bertz CT molecular complexity index is 470. The zero-order valence-electron chi connectivity index (χ0n) is 10.6. The van der Waals surface area contributed by atoms with Crippen molar-refractivity contribution in [3.8, 4) is 0 Å². The smallest absolute Gasteiger partial charge is 0.0769 e. The molecule has 0 amide bonds. The van der Waals surface area contributed by atoms with Crippen molar-refractivity contribution < 1.29 is 0 Å². The van der Waals surface area contributed by atoms with Crippen LogP contribution in [0.3, 0.4) is 0 Å². The molecule has 2 rings (SSSR count). The first-order chi connectivity index (χ1) is 8.79. The third-order valence-electron chi connectivity index (χ3n) is 2.83. The molecule has 1 heterocycles. The van der Waals surface area contributed by atoms with Gasteiger partial charge < -0.3 is 5.32 Å². The molecule has 1 aromatic carbocycles. The van der Waals surface area contributed by atoms with Crippen molar-refractivity contribution in [3.63, 3.8) is 0 Å². The number of hydrogen-bond donors (Lipinski definition) is 1. The highest BCUT2D eigenvalue weighted by molar-refractivity contribution is 7.98. The number of rotatable bonds is 5. The van der Waals surface area contributed by atoms with E-state index < -0.39 is 0 Å². The van der Waals surface area contributed by atoms with Crippen LogP contribution in [-0.4, -0.2) is 16.5 Å². The van der Waals surface area contributed by atoms with Gasteiger partial charge in [0, 0.05) is 23.7 Å². The molecule has 0 fully saturated rings. The van der Waals surface area contributed by atoms with Crippen molar-refractivity contribution in [1.29, 1.82) is 0 Å². The van der Waals surface area contributed by atoms with Gasteiger partial charge in [0.25, 0.3) is 0 Å². The molecule has 1 N–H and O–H groups in total. The summed E-state index contributed by atoms with van der Waals surface area (Å²) < 4.78 is 0. The molecular formula is C14H17N3S. The lowest BCUT2D eigenvalue weighted by Crippen LogP contribution is -2.18. The van der Waals surface area contributed by atoms with Crippen LogP contribution >= 0.6 is 11.8 Å². The van der Waals surface area contributed by atoms with Crippen LogP contribution in [0.4, 0.5) is 0 Å². The van der Waals surface area contributed by atoms with E-state index in [1.165, 1.54) is 10.5 Å². The second-order valence-electron chi connectivity index (χ2n) is 4.09. The molecule has 1 aromatic heterocycles. The van der Waals surface area contributed by atoms with E-state index in [1.807, 2.05) is 12.1 Å². The molecule has 0 radical (unpaired) electrons. The summed E-state index contributed by atoms with van der Waals surface area (Å²) >= 11 is 1.76. The summed E-state index contributed by atoms with van der Waals surface area (Å²) in [6.45, 7) is 2.89. The summed E-state index contributed by atoms with van der Waals surface area (Å²) in [5, 5.41) is 11.4. The average Bonchev–Trinajstić information content (AvgIpc) is 2.46. The summed E-state index contributed by atoms with van der Waals surface area (Å²) in [5.41, 5.74) is 2.25. The molecule has 0 saturated carbocycles. The molecule has 0 bridgehead atoms. The largest absolute Gasteiger partial charge is 0.304 e. The Kier molecular flexibility index (Phi) is 4.73. The van der Waals surface area contributed by atoms with E-state index in [1.54, 1.807) is 18.0 Å². The first-order valence-corrected chi connectivity index (χ1v) is 7.16. The lowest BCUT2D eigenvalue weighted by Gasteiger charge is -2.14. The lowest BCUT2D eigenvalue weighted by atomic mass is 10.1. The van der Waals surface area contributed by atoms with Gasteiger partial charge in [-0.3, -0.25) is 0 Å². The molecule has 18 heavy (non-hydrogen) atoms. The predicted octanol–water partition coefficient (Wildman–Crippen LogP) is 3.05. The van der Waals surface area contributed by atoms with Crippen LogP contribution in [0.25, 0.3) is 0 Å². The summed E-state index contributed by atoms with van der Waals surface area (Å²) in [4.78, 5) is 1.29. The monoisotopic (exact) mass is 259 g/mol. The van der Waals surface area contributed by atoms with Gasteiger partial charge in [0.05, 0.1) is 5.69 Å². The quantitative estimate of drug-likeness (QED) is 0.838. The first-order valence-electron chi connectivity index (χ1n) is 5.93. The molecule has 4 heteroatoms. The van der Waals surface area contributed by atoms with Crippen LogP contribution < -0.4 is 5.32 Å². The van der Waals surface area contributed by atoms with Crippen LogP contribution in [0.1, 0.15) is 24.2 Å². The van der Waals surface area contributed by atoms with Gasteiger partial charge in [-0.05, 0) is 43.0 Å². The Morgan fingerprint density at radius 3 is 2.61 bits per heavy atom. The summed E-state index contributed by atoms with van der Waals surface area (Å²) in [7, 11) is 0. The van der Waals surface area contributed by atoms with E-state index in [-0.39, 0.29) is 0 Å². The molecule has 3 nitrogen and oxygen atoms in total. The fraction of sp³-hybridized carbons (Fsp3) is 0.286. The van der Waals surface area contributed by atoms with Crippen LogP contribution in [0.5, 0.6) is 0 Å². The molecule has 0 aliphatic heterocycles. The molecule has 0 aliphatic rings. The van der Waals surface area contributed by atoms with E-state index >= 15 is 0 Å². The SMILES string of the molecule is CSc1ccc(C(C)NCc2cccnn2)cc1. The maximum atomic E-state index is 4.06. The Morgan fingerprint density at radius 2 is 2.00 bits per heavy atom. The maximum absolute atomic E-state index is 4.06. The minimum atomic E-state index is 0.308. The zero-order chi connectivity index (χ0) is 12.8. The molecule has 94 valence electrons. The van der Waals surface area contributed by atoms with Crippen molar-refractivity contribution in [2.24, 2.45) is 0 Å². The van der Waals surface area contributed by atoms with Gasteiger partial charge in [0.2, 0.25) is 0 Å². The van der Waals surface area contributed by atoms with Crippen LogP contribution in [-0.2, 0) is 6.54 Å². The number of nitrogens with one attached hydrogen (secondary N) is 1. The van der Waals surface area contributed by atoms with Crippen molar-refractivity contribution in [2.45, 2.75) is 24.4 Å². The fourth-order valence-electron chi connectivity index (χ4n) is 1.70. The summed E-state index contributed by atoms with van der Waals surface area (Å²) in [5.74, 6) is 0. The minimum Gasteiger partial charge on any atom is -0.304 e. The highest BCUT2D eigenvalue weighted by atomic mass is 32.2. The Morgan fingerprint density at radius 1 is 1.22 bits per heavy atom. The van der Waals surface area contributed by atoms with Crippen molar-refractivity contribution in [1.82, 2.24) is 15.5 Å². The van der Waals surface area contributed by atoms with E-state index in [2.05, 4.69) is 53.0 Å². The van der Waals surface area contributed by atoms with Crippen LogP contribution in [0.15, 0.2) is 47.5 Å². The summed E-state index contributed by atoms with van der Waals surface area (Å²) in [6, 6.07) is 12.8. The fourth-order valence-corrected chi connectivity index (χ4v) is 2.10. The van der Waals surface area contributed by atoms with Crippen molar-refractivity contribution in [2.75, 3.05) is 6.26 Å². The van der Waals surface area contributed by atoms with Crippen molar-refractivity contribution in [3.05, 3.63) is 53.9 Å². The van der Waals surface area contributed by atoms with Gasteiger partial charge in [-0.15, -0.1) is 11.8 Å². The second-order valence-corrected chi connectivity index (χ2v) is 4.97. The van der Waals surface area contributed by atoms with E-state index in [0.29, 0.717) is 6.04 Å². The van der Waals surface area contributed by atoms with Gasteiger partial charge in [-0.2, -0.15) is 10.2 Å². The number of nitrogens with zero attached hydrogens (tertiary/aromatic N) is 2. The van der Waals surface area contributed by atoms with Crippen molar-refractivity contribution >= 4 is 11.8 Å². The van der Waals surface area contributed by atoms with Gasteiger partial charge >= 0.3 is 0 Å². The molecule has 2 aromatic rings. The Hall–Kier alpha value is -1.39. The minimum absolute atomic E-state index is 0.308. The van der Waals surface area contributed by atoms with Gasteiger partial charge in [-0.1, -0.05) is 12.1 Å². The van der Waals surface area contributed by atoms with Crippen LogP contribution in [0, 0.1) is 0 Å². The van der Waals surface area contributed by atoms with E-state index in [0.717, 1.165) is 12.2 Å². The zero-order valence-corrected chi connectivity index (χ0v) is 11.4. The first kappa shape index (κ1) is 13.1. The second kappa shape index (κ2) is 6.52. The molecule has 1 atom stereocenters. The van der Waals surface area contributed by atoms with E-state index in [4.69, 9.17) is 0 Å². The molecule has 0 spiro atoms. The highest BCUT2D eigenvalue weighted by Crippen LogP contribution is 2.18. The van der Waals surface area contributed by atoms with Crippen LogP contribution in [0.2, 0.25) is 0 Å².